The van der Waals surface area contributed by atoms with Gasteiger partial charge in [-0.1, -0.05) is 13.3 Å². The van der Waals surface area contributed by atoms with Crippen LogP contribution in [0, 0.1) is 34.0 Å². The fourth-order valence-electron chi connectivity index (χ4n) is 8.52. The second-order valence-corrected chi connectivity index (χ2v) is 10.3. The molecule has 0 aromatic rings. The highest BCUT2D eigenvalue weighted by molar-refractivity contribution is 5.18. The minimum Gasteiger partial charge on any atom is -0.390 e. The molecule has 1 heterocycles. The number of fused-ring (bicyclic) bond motifs is 1. The maximum atomic E-state index is 10.9. The number of aliphatic hydroxyl groups is 1. The van der Waals surface area contributed by atoms with Crippen molar-refractivity contribution in [3.05, 3.63) is 0 Å². The van der Waals surface area contributed by atoms with E-state index in [1.807, 2.05) is 0 Å². The van der Waals surface area contributed by atoms with Gasteiger partial charge in [-0.3, -0.25) is 0 Å². The van der Waals surface area contributed by atoms with Gasteiger partial charge in [0.25, 0.3) is 0 Å². The second kappa shape index (κ2) is 4.11. The van der Waals surface area contributed by atoms with Crippen LogP contribution in [0.2, 0.25) is 0 Å². The highest BCUT2D eigenvalue weighted by atomic mass is 16.5. The van der Waals surface area contributed by atoms with Crippen LogP contribution < -0.4 is 0 Å². The van der Waals surface area contributed by atoms with Crippen LogP contribution in [0.3, 0.4) is 0 Å². The zero-order chi connectivity index (χ0) is 15.2. The number of hydrogen-bond donors (Lipinski definition) is 1. The predicted octanol–water partition coefficient (Wildman–Crippen LogP) is 4.16. The Kier molecular flexibility index (Phi) is 2.67. The van der Waals surface area contributed by atoms with Crippen molar-refractivity contribution in [1.29, 1.82) is 0 Å². The van der Waals surface area contributed by atoms with E-state index < -0.39 is 5.60 Å². The summed E-state index contributed by atoms with van der Waals surface area (Å²) in [7, 11) is 0. The Morgan fingerprint density at radius 2 is 1.82 bits per heavy atom. The van der Waals surface area contributed by atoms with Crippen LogP contribution >= 0.6 is 0 Å². The number of ether oxygens (including phenoxy) is 1. The van der Waals surface area contributed by atoms with Gasteiger partial charge in [-0.25, -0.2) is 0 Å². The van der Waals surface area contributed by atoms with Crippen molar-refractivity contribution in [3.63, 3.8) is 0 Å². The van der Waals surface area contributed by atoms with E-state index in [0.717, 1.165) is 31.5 Å². The lowest BCUT2D eigenvalue weighted by molar-refractivity contribution is -0.238. The first-order chi connectivity index (χ1) is 10.4. The molecule has 22 heavy (non-hydrogen) atoms. The predicted molar refractivity (Wildman–Crippen MR) is 86.4 cm³/mol. The summed E-state index contributed by atoms with van der Waals surface area (Å²) in [6.07, 6.45) is 11.9. The van der Waals surface area contributed by atoms with Crippen LogP contribution in [-0.2, 0) is 4.74 Å². The summed E-state index contributed by atoms with van der Waals surface area (Å²) in [6.45, 7) is 6.66. The molecule has 4 aliphatic carbocycles. The molecular weight excluding hydrogens is 272 g/mol. The third kappa shape index (κ3) is 1.55. The summed E-state index contributed by atoms with van der Waals surface area (Å²) in [5, 5.41) is 10.9. The van der Waals surface area contributed by atoms with Crippen LogP contribution in [0.5, 0.6) is 0 Å². The highest BCUT2D eigenvalue weighted by Crippen LogP contribution is 2.73. The molecule has 4 saturated carbocycles. The first-order valence-corrected chi connectivity index (χ1v) is 9.71. The van der Waals surface area contributed by atoms with Crippen molar-refractivity contribution in [3.8, 4) is 0 Å². The molecule has 2 heteroatoms. The molecule has 4 bridgehead atoms. The third-order valence-corrected chi connectivity index (χ3v) is 9.14. The van der Waals surface area contributed by atoms with Gasteiger partial charge >= 0.3 is 0 Å². The summed E-state index contributed by atoms with van der Waals surface area (Å²) < 4.78 is 6.24. The molecule has 0 aromatic carbocycles. The molecule has 2 nitrogen and oxygen atoms in total. The van der Waals surface area contributed by atoms with Gasteiger partial charge in [0.1, 0.15) is 0 Å². The van der Waals surface area contributed by atoms with E-state index in [4.69, 9.17) is 4.74 Å². The number of rotatable bonds is 0. The molecule has 7 unspecified atom stereocenters. The van der Waals surface area contributed by atoms with Crippen molar-refractivity contribution >= 4 is 0 Å². The van der Waals surface area contributed by atoms with E-state index in [0.29, 0.717) is 22.2 Å². The van der Waals surface area contributed by atoms with E-state index in [2.05, 4.69) is 13.8 Å². The van der Waals surface area contributed by atoms with E-state index in [-0.39, 0.29) is 0 Å². The van der Waals surface area contributed by atoms with Crippen molar-refractivity contribution in [2.24, 2.45) is 34.0 Å². The molecule has 1 saturated heterocycles. The summed E-state index contributed by atoms with van der Waals surface area (Å²) >= 11 is 0. The van der Waals surface area contributed by atoms with Crippen molar-refractivity contribution in [2.75, 3.05) is 13.2 Å². The van der Waals surface area contributed by atoms with Crippen molar-refractivity contribution in [2.45, 2.75) is 77.2 Å². The summed E-state index contributed by atoms with van der Waals surface area (Å²) in [5.74, 6) is 2.28. The van der Waals surface area contributed by atoms with E-state index in [1.54, 1.807) is 0 Å². The van der Waals surface area contributed by atoms with Gasteiger partial charge in [-0.2, -0.15) is 0 Å². The molecule has 1 N–H and O–H groups in total. The fraction of sp³-hybridized carbons (Fsp3) is 1.00. The standard InChI is InChI=1S/C20H32O2/c1-17-7-3-8-20(13-22-12-17)15(17)6-9-19-10-14(4-5-16(19)20)18(2,21)11-19/h14-16,21H,3-13H2,1-2H3. The molecule has 0 radical (unpaired) electrons. The van der Waals surface area contributed by atoms with Crippen LogP contribution in [0.15, 0.2) is 0 Å². The van der Waals surface area contributed by atoms with Gasteiger partial charge in [-0.15, -0.1) is 0 Å². The zero-order valence-electron chi connectivity index (χ0n) is 14.4. The zero-order valence-corrected chi connectivity index (χ0v) is 14.4. The van der Waals surface area contributed by atoms with Gasteiger partial charge < -0.3 is 9.84 Å². The average Bonchev–Trinajstić information content (AvgIpc) is 2.62. The summed E-state index contributed by atoms with van der Waals surface area (Å²) in [5.41, 5.74) is 0.943. The Bertz CT molecular complexity index is 486. The normalized spacial score (nSPS) is 63.1. The summed E-state index contributed by atoms with van der Waals surface area (Å²) in [4.78, 5) is 0. The van der Waals surface area contributed by atoms with Gasteiger partial charge in [0, 0.05) is 5.41 Å². The Morgan fingerprint density at radius 1 is 0.955 bits per heavy atom. The lowest BCUT2D eigenvalue weighted by Crippen LogP contribution is -2.63. The molecule has 5 aliphatic rings. The molecule has 7 atom stereocenters. The van der Waals surface area contributed by atoms with Crippen LogP contribution in [0.4, 0.5) is 0 Å². The molecule has 5 rings (SSSR count). The maximum absolute atomic E-state index is 10.9. The Balaban J connectivity index is 1.59. The molecule has 1 spiro atoms. The Morgan fingerprint density at radius 3 is 2.68 bits per heavy atom. The highest BCUT2D eigenvalue weighted by Gasteiger charge is 2.69. The van der Waals surface area contributed by atoms with Gasteiger partial charge in [0.05, 0.1) is 18.8 Å². The lowest BCUT2D eigenvalue weighted by atomic mass is 9.40. The minimum absolute atomic E-state index is 0.397. The largest absolute Gasteiger partial charge is 0.390 e. The molecule has 5 fully saturated rings. The molecule has 0 amide bonds. The van der Waals surface area contributed by atoms with Crippen LogP contribution in [0.25, 0.3) is 0 Å². The monoisotopic (exact) mass is 304 g/mol. The van der Waals surface area contributed by atoms with Gasteiger partial charge in [-0.05, 0) is 86.9 Å². The van der Waals surface area contributed by atoms with Crippen molar-refractivity contribution < 1.29 is 9.84 Å². The lowest BCUT2D eigenvalue weighted by Gasteiger charge is -2.67. The smallest absolute Gasteiger partial charge is 0.0653 e. The molecular formula is C20H32O2. The maximum Gasteiger partial charge on any atom is 0.0653 e. The van der Waals surface area contributed by atoms with Crippen LogP contribution in [0.1, 0.15) is 71.6 Å². The topological polar surface area (TPSA) is 29.5 Å². The summed E-state index contributed by atoms with van der Waals surface area (Å²) in [6, 6.07) is 0. The van der Waals surface area contributed by atoms with Crippen LogP contribution in [-0.4, -0.2) is 23.9 Å². The SMILES string of the molecule is CC1(O)CC23CCC4C5(C)CCCC4(COC5)C2CCC1C3. The second-order valence-electron chi connectivity index (χ2n) is 10.3. The van der Waals surface area contributed by atoms with E-state index in [1.165, 1.54) is 51.4 Å². The van der Waals surface area contributed by atoms with Crippen molar-refractivity contribution in [1.82, 2.24) is 0 Å². The first kappa shape index (κ1) is 14.3. The third-order valence-electron chi connectivity index (χ3n) is 9.14. The Labute approximate surface area is 135 Å². The molecule has 0 aromatic heterocycles. The van der Waals surface area contributed by atoms with E-state index >= 15 is 0 Å². The number of hydrogen-bond acceptors (Lipinski definition) is 2. The van der Waals surface area contributed by atoms with E-state index in [9.17, 15) is 5.11 Å². The molecule has 124 valence electrons. The first-order valence-electron chi connectivity index (χ1n) is 9.71. The average molecular weight is 304 g/mol. The minimum atomic E-state index is -0.397. The quantitative estimate of drug-likeness (QED) is 0.728. The molecule has 1 aliphatic heterocycles. The van der Waals surface area contributed by atoms with Gasteiger partial charge in [0.15, 0.2) is 0 Å². The Hall–Kier alpha value is -0.0800. The van der Waals surface area contributed by atoms with Gasteiger partial charge in [0.2, 0.25) is 0 Å². The fourth-order valence-corrected chi connectivity index (χ4v) is 8.52.